The Morgan fingerprint density at radius 3 is 2.24 bits per heavy atom. The number of aryl methyl sites for hydroxylation is 1. The predicted molar refractivity (Wildman–Crippen MR) is 73.2 cm³/mol. The van der Waals surface area contributed by atoms with Crippen molar-refractivity contribution in [1.29, 1.82) is 0 Å². The van der Waals surface area contributed by atoms with Gasteiger partial charge in [-0.05, 0) is 24.1 Å². The van der Waals surface area contributed by atoms with Crippen LogP contribution in [0.15, 0.2) is 59.1 Å². The van der Waals surface area contributed by atoms with Gasteiger partial charge in [0.1, 0.15) is 0 Å². The highest BCUT2D eigenvalue weighted by molar-refractivity contribution is 9.10. The van der Waals surface area contributed by atoms with E-state index < -0.39 is 0 Å². The summed E-state index contributed by atoms with van der Waals surface area (Å²) in [6, 6.07) is 17.5. The lowest BCUT2D eigenvalue weighted by Crippen LogP contribution is -2.00. The molecule has 0 aliphatic heterocycles. The molecule has 17 heavy (non-hydrogen) atoms. The quantitative estimate of drug-likeness (QED) is 0.768. The Hall–Kier alpha value is -1.41. The SMILES string of the molecule is O=C(CCc1ccc(Br)cc1)c1ccccc1. The van der Waals surface area contributed by atoms with E-state index >= 15 is 0 Å². The molecule has 0 radical (unpaired) electrons. The molecule has 2 heteroatoms. The van der Waals surface area contributed by atoms with Crippen LogP contribution in [0.4, 0.5) is 0 Å². The summed E-state index contributed by atoms with van der Waals surface area (Å²) in [5.41, 5.74) is 1.99. The Bertz CT molecular complexity index is 488. The third kappa shape index (κ3) is 3.53. The fraction of sp³-hybridized carbons (Fsp3) is 0.133. The third-order valence-electron chi connectivity index (χ3n) is 2.65. The molecule has 1 nitrogen and oxygen atoms in total. The average molecular weight is 289 g/mol. The van der Waals surface area contributed by atoms with Crippen LogP contribution in [0, 0.1) is 0 Å². The molecule has 0 saturated carbocycles. The zero-order valence-electron chi connectivity index (χ0n) is 9.40. The van der Waals surface area contributed by atoms with Crippen molar-refractivity contribution < 1.29 is 4.79 Å². The maximum absolute atomic E-state index is 11.9. The summed E-state index contributed by atoms with van der Waals surface area (Å²) in [4.78, 5) is 11.9. The highest BCUT2D eigenvalue weighted by atomic mass is 79.9. The van der Waals surface area contributed by atoms with Gasteiger partial charge in [0.05, 0.1) is 0 Å². The lowest BCUT2D eigenvalue weighted by atomic mass is 10.0. The minimum Gasteiger partial charge on any atom is -0.294 e. The molecule has 86 valence electrons. The third-order valence-corrected chi connectivity index (χ3v) is 3.18. The van der Waals surface area contributed by atoms with Gasteiger partial charge in [0.25, 0.3) is 0 Å². The highest BCUT2D eigenvalue weighted by Crippen LogP contribution is 2.13. The van der Waals surface area contributed by atoms with Crippen LogP contribution in [0.25, 0.3) is 0 Å². The van der Waals surface area contributed by atoms with E-state index in [-0.39, 0.29) is 5.78 Å². The molecule has 0 aromatic heterocycles. The van der Waals surface area contributed by atoms with Gasteiger partial charge in [-0.1, -0.05) is 58.4 Å². The van der Waals surface area contributed by atoms with Crippen molar-refractivity contribution >= 4 is 21.7 Å². The summed E-state index contributed by atoms with van der Waals surface area (Å²) >= 11 is 3.40. The van der Waals surface area contributed by atoms with E-state index in [0.717, 1.165) is 16.5 Å². The molecule has 0 fully saturated rings. The van der Waals surface area contributed by atoms with Crippen molar-refractivity contribution in [3.8, 4) is 0 Å². The average Bonchev–Trinajstić information content (AvgIpc) is 2.39. The summed E-state index contributed by atoms with van der Waals surface area (Å²) in [6.45, 7) is 0. The number of halogens is 1. The Labute approximate surface area is 110 Å². The number of Topliss-reactive ketones (excluding diaryl/α,β-unsaturated/α-hetero) is 1. The van der Waals surface area contributed by atoms with Crippen molar-refractivity contribution in [2.75, 3.05) is 0 Å². The van der Waals surface area contributed by atoms with Crippen LogP contribution in [0.1, 0.15) is 22.3 Å². The highest BCUT2D eigenvalue weighted by Gasteiger charge is 2.04. The van der Waals surface area contributed by atoms with Crippen LogP contribution in [0.5, 0.6) is 0 Å². The second kappa shape index (κ2) is 5.78. The van der Waals surface area contributed by atoms with Crippen molar-refractivity contribution in [1.82, 2.24) is 0 Å². The van der Waals surface area contributed by atoms with E-state index in [1.54, 1.807) is 0 Å². The van der Waals surface area contributed by atoms with Gasteiger partial charge in [-0.2, -0.15) is 0 Å². The lowest BCUT2D eigenvalue weighted by molar-refractivity contribution is 0.0983. The number of hydrogen-bond donors (Lipinski definition) is 0. The summed E-state index contributed by atoms with van der Waals surface area (Å²) in [7, 11) is 0. The Balaban J connectivity index is 1.95. The first-order valence-electron chi connectivity index (χ1n) is 5.58. The topological polar surface area (TPSA) is 17.1 Å². The molecule has 0 saturated heterocycles. The van der Waals surface area contributed by atoms with Crippen LogP contribution < -0.4 is 0 Å². The van der Waals surface area contributed by atoms with Crippen LogP contribution in [0.2, 0.25) is 0 Å². The van der Waals surface area contributed by atoms with E-state index in [9.17, 15) is 4.79 Å². The van der Waals surface area contributed by atoms with E-state index in [1.807, 2.05) is 54.6 Å². The Morgan fingerprint density at radius 1 is 0.941 bits per heavy atom. The van der Waals surface area contributed by atoms with E-state index in [2.05, 4.69) is 15.9 Å². The van der Waals surface area contributed by atoms with Crippen molar-refractivity contribution in [2.24, 2.45) is 0 Å². The second-order valence-corrected chi connectivity index (χ2v) is 4.83. The van der Waals surface area contributed by atoms with Gasteiger partial charge in [0, 0.05) is 16.5 Å². The first-order chi connectivity index (χ1) is 8.25. The van der Waals surface area contributed by atoms with Crippen LogP contribution >= 0.6 is 15.9 Å². The smallest absolute Gasteiger partial charge is 0.163 e. The number of benzene rings is 2. The van der Waals surface area contributed by atoms with Gasteiger partial charge in [-0.3, -0.25) is 4.79 Å². The normalized spacial score (nSPS) is 10.2. The fourth-order valence-corrected chi connectivity index (χ4v) is 1.94. The molecule has 0 unspecified atom stereocenters. The lowest BCUT2D eigenvalue weighted by Gasteiger charge is -2.02. The zero-order valence-corrected chi connectivity index (χ0v) is 11.0. The molecule has 0 N–H and O–H groups in total. The molecular weight excluding hydrogens is 276 g/mol. The standard InChI is InChI=1S/C15H13BrO/c16-14-9-6-12(7-10-14)8-11-15(17)13-4-2-1-3-5-13/h1-7,9-10H,8,11H2. The minimum absolute atomic E-state index is 0.202. The number of carbonyl (C=O) groups is 1. The molecule has 0 heterocycles. The molecule has 2 aromatic rings. The summed E-state index contributed by atoms with van der Waals surface area (Å²) in [5.74, 6) is 0.202. The molecule has 2 rings (SSSR count). The summed E-state index contributed by atoms with van der Waals surface area (Å²) in [6.07, 6.45) is 1.35. The number of rotatable bonds is 4. The number of ketones is 1. The maximum Gasteiger partial charge on any atom is 0.163 e. The van der Waals surface area contributed by atoms with Gasteiger partial charge in [0.2, 0.25) is 0 Å². The Morgan fingerprint density at radius 2 is 1.59 bits per heavy atom. The molecule has 0 bridgehead atoms. The molecule has 2 aromatic carbocycles. The van der Waals surface area contributed by atoms with E-state index in [0.29, 0.717) is 6.42 Å². The van der Waals surface area contributed by atoms with Crippen LogP contribution in [-0.2, 0) is 6.42 Å². The molecule has 0 spiro atoms. The van der Waals surface area contributed by atoms with Gasteiger partial charge in [0.15, 0.2) is 5.78 Å². The van der Waals surface area contributed by atoms with Crippen molar-refractivity contribution in [2.45, 2.75) is 12.8 Å². The Kier molecular flexibility index (Phi) is 4.10. The molecular formula is C15H13BrO. The van der Waals surface area contributed by atoms with Gasteiger partial charge in [-0.25, -0.2) is 0 Å². The largest absolute Gasteiger partial charge is 0.294 e. The molecule has 0 amide bonds. The zero-order chi connectivity index (χ0) is 12.1. The van der Waals surface area contributed by atoms with Crippen LogP contribution in [-0.4, -0.2) is 5.78 Å². The predicted octanol–water partition coefficient (Wildman–Crippen LogP) is 4.26. The summed E-state index contributed by atoms with van der Waals surface area (Å²) in [5, 5.41) is 0. The van der Waals surface area contributed by atoms with Crippen molar-refractivity contribution in [3.63, 3.8) is 0 Å². The summed E-state index contributed by atoms with van der Waals surface area (Å²) < 4.78 is 1.07. The van der Waals surface area contributed by atoms with Gasteiger partial charge in [-0.15, -0.1) is 0 Å². The molecule has 0 aliphatic carbocycles. The maximum atomic E-state index is 11.9. The van der Waals surface area contributed by atoms with Crippen LogP contribution in [0.3, 0.4) is 0 Å². The molecule has 0 atom stereocenters. The number of carbonyl (C=O) groups excluding carboxylic acids is 1. The number of hydrogen-bond acceptors (Lipinski definition) is 1. The van der Waals surface area contributed by atoms with Gasteiger partial charge < -0.3 is 0 Å². The monoisotopic (exact) mass is 288 g/mol. The van der Waals surface area contributed by atoms with E-state index in [4.69, 9.17) is 0 Å². The fourth-order valence-electron chi connectivity index (χ4n) is 1.68. The van der Waals surface area contributed by atoms with E-state index in [1.165, 1.54) is 5.56 Å². The van der Waals surface area contributed by atoms with Crippen molar-refractivity contribution in [3.05, 3.63) is 70.2 Å². The first kappa shape index (κ1) is 12.1. The second-order valence-electron chi connectivity index (χ2n) is 3.92. The minimum atomic E-state index is 0.202. The first-order valence-corrected chi connectivity index (χ1v) is 6.38. The molecule has 0 aliphatic rings. The van der Waals surface area contributed by atoms with Gasteiger partial charge >= 0.3 is 0 Å².